The second-order valence-corrected chi connectivity index (χ2v) is 23.2. The first-order chi connectivity index (χ1) is 24.6. The Hall–Kier alpha value is -2.28. The van der Waals surface area contributed by atoms with E-state index in [4.69, 9.17) is 0 Å². The molecule has 0 amide bonds. The van der Waals surface area contributed by atoms with Crippen molar-refractivity contribution in [2.45, 2.75) is 78.1 Å². The highest BCUT2D eigenvalue weighted by Crippen LogP contribution is 2.48. The standard InChI is InChI=1S/C34H52N4O12P4/c1-33(2)19-25-13-23-15-28(22(7-11-53(45,46)47)8-12-54(48,49)50)30(36-23)18-32-34(3,4)20-26(38-32)14-24-16-27(29(35-24)17-31(33)37-25)21(5-9-51(39,40)41)6-10-52(42,43)44/h13-18,21-22,35-38H,5-12,19-20H2,1-4H3,(H2,39,40,41)(H2,42,43,44)(H2,45,46,47)(H2,48,49,50). The van der Waals surface area contributed by atoms with Crippen molar-refractivity contribution in [3.05, 3.63) is 68.8 Å². The van der Waals surface area contributed by atoms with E-state index < -0.39 is 77.7 Å². The zero-order chi connectivity index (χ0) is 40.1. The Morgan fingerprint density at radius 3 is 1.11 bits per heavy atom. The average Bonchev–Trinajstić information content (AvgIpc) is 3.70. The lowest BCUT2D eigenvalue weighted by Crippen LogP contribution is -2.14. The fourth-order valence-electron chi connectivity index (χ4n) is 7.51. The molecule has 20 heteroatoms. The Bertz CT molecular complexity index is 1870. The predicted octanol–water partition coefficient (Wildman–Crippen LogP) is 5.90. The van der Waals surface area contributed by atoms with Crippen molar-refractivity contribution in [3.63, 3.8) is 0 Å². The van der Waals surface area contributed by atoms with Gasteiger partial charge < -0.3 is 59.7 Å². The highest BCUT2D eigenvalue weighted by Gasteiger charge is 2.36. The van der Waals surface area contributed by atoms with Gasteiger partial charge in [-0.05, 0) is 97.9 Å². The molecular formula is C34H52N4O12P4. The number of aromatic nitrogens is 2. The van der Waals surface area contributed by atoms with Gasteiger partial charge in [0.1, 0.15) is 0 Å². The minimum Gasteiger partial charge on any atom is -0.362 e. The van der Waals surface area contributed by atoms with Gasteiger partial charge >= 0.3 is 30.4 Å². The Morgan fingerprint density at radius 1 is 0.537 bits per heavy atom. The number of fused-ring (bicyclic) bond motifs is 8. The van der Waals surface area contributed by atoms with Crippen LogP contribution in [0.25, 0.3) is 24.3 Å². The molecule has 8 bridgehead atoms. The summed E-state index contributed by atoms with van der Waals surface area (Å²) >= 11 is 0. The topological polar surface area (TPSA) is 286 Å². The molecule has 2 aromatic rings. The molecular weight excluding hydrogens is 780 g/mol. The van der Waals surface area contributed by atoms with Gasteiger partial charge in [-0.3, -0.25) is 18.3 Å². The van der Waals surface area contributed by atoms with Gasteiger partial charge in [-0.25, -0.2) is 0 Å². The molecule has 0 saturated carbocycles. The van der Waals surface area contributed by atoms with Crippen LogP contribution in [0.2, 0.25) is 0 Å². The number of hydrogen-bond acceptors (Lipinski definition) is 6. The van der Waals surface area contributed by atoms with Crippen molar-refractivity contribution in [1.82, 2.24) is 20.6 Å². The van der Waals surface area contributed by atoms with Gasteiger partial charge in [0.05, 0.1) is 24.6 Å². The molecule has 300 valence electrons. The first-order valence-corrected chi connectivity index (χ1v) is 24.9. The van der Waals surface area contributed by atoms with Crippen LogP contribution in [0, 0.1) is 10.8 Å². The van der Waals surface area contributed by atoms with Crippen molar-refractivity contribution in [1.29, 1.82) is 0 Å². The fourth-order valence-corrected chi connectivity index (χ4v) is 10.1. The summed E-state index contributed by atoms with van der Waals surface area (Å²) in [6.07, 6.45) is 7.09. The molecule has 12 N–H and O–H groups in total. The SMILES string of the molecule is CC1(C)CC2=Cc3cc(C(CCP(=O)(O)O)CCP(=O)(O)O)c([nH]3)C=C3NC(=Cc4cc(C(CCP(=O)(O)O)CCP(=O)(O)O)c([nH]4)C=C1N2)CC3(C)C. The highest BCUT2D eigenvalue weighted by atomic mass is 31.2. The molecule has 0 unspecified atom stereocenters. The molecule has 3 aliphatic heterocycles. The summed E-state index contributed by atoms with van der Waals surface area (Å²) in [7, 11) is -17.7. The third-order valence-electron chi connectivity index (χ3n) is 10.3. The summed E-state index contributed by atoms with van der Waals surface area (Å²) < 4.78 is 47.8. The van der Waals surface area contributed by atoms with E-state index in [9.17, 15) is 57.4 Å². The maximum atomic E-state index is 11.9. The van der Waals surface area contributed by atoms with E-state index in [1.54, 1.807) is 0 Å². The molecule has 2 aromatic heterocycles. The lowest BCUT2D eigenvalue weighted by Gasteiger charge is -2.20. The summed E-state index contributed by atoms with van der Waals surface area (Å²) in [6.45, 7) is 8.19. The van der Waals surface area contributed by atoms with Crippen LogP contribution in [0.4, 0.5) is 0 Å². The quantitative estimate of drug-likeness (QED) is 0.0988. The van der Waals surface area contributed by atoms with Gasteiger partial charge in [-0.1, -0.05) is 27.7 Å². The van der Waals surface area contributed by atoms with Gasteiger partial charge in [0, 0.05) is 56.4 Å². The minimum atomic E-state index is -4.41. The molecule has 0 radical (unpaired) electrons. The molecule has 0 spiro atoms. The van der Waals surface area contributed by atoms with E-state index in [1.165, 1.54) is 0 Å². The minimum absolute atomic E-state index is 0.00897. The van der Waals surface area contributed by atoms with Crippen LogP contribution in [0.5, 0.6) is 0 Å². The summed E-state index contributed by atoms with van der Waals surface area (Å²) in [5.74, 6) is -1.16. The molecule has 16 nitrogen and oxygen atoms in total. The molecule has 2 saturated heterocycles. The molecule has 54 heavy (non-hydrogen) atoms. The highest BCUT2D eigenvalue weighted by molar-refractivity contribution is 7.52. The molecule has 5 heterocycles. The fraction of sp³-hybridized carbons (Fsp3) is 0.529. The zero-order valence-electron chi connectivity index (χ0n) is 30.7. The van der Waals surface area contributed by atoms with Gasteiger partial charge in [-0.2, -0.15) is 0 Å². The monoisotopic (exact) mass is 832 g/mol. The summed E-state index contributed by atoms with van der Waals surface area (Å²) in [4.78, 5) is 84.7. The smallest absolute Gasteiger partial charge is 0.325 e. The van der Waals surface area contributed by atoms with Crippen molar-refractivity contribution < 1.29 is 57.4 Å². The van der Waals surface area contributed by atoms with Crippen LogP contribution >= 0.6 is 30.4 Å². The molecule has 5 rings (SSSR count). The van der Waals surface area contributed by atoms with Gasteiger partial charge in [0.15, 0.2) is 0 Å². The first kappa shape index (κ1) is 42.9. The molecule has 3 aliphatic rings. The average molecular weight is 833 g/mol. The van der Waals surface area contributed by atoms with Crippen LogP contribution in [0.1, 0.15) is 112 Å². The Kier molecular flexibility index (Phi) is 12.4. The van der Waals surface area contributed by atoms with Crippen molar-refractivity contribution in [2.24, 2.45) is 10.8 Å². The van der Waals surface area contributed by atoms with Crippen LogP contribution in [0.15, 0.2) is 34.9 Å². The zero-order valence-corrected chi connectivity index (χ0v) is 34.3. The number of nitrogens with one attached hydrogen (secondary N) is 4. The summed E-state index contributed by atoms with van der Waals surface area (Å²) in [5, 5.41) is 7.01. The third-order valence-corrected chi connectivity index (χ3v) is 13.7. The third kappa shape index (κ3) is 11.9. The number of hydrogen-bond donors (Lipinski definition) is 12. The van der Waals surface area contributed by atoms with Gasteiger partial charge in [0.25, 0.3) is 0 Å². The second-order valence-electron chi connectivity index (χ2n) is 16.1. The number of rotatable bonds is 14. The lowest BCUT2D eigenvalue weighted by molar-refractivity contribution is 0.362. The Morgan fingerprint density at radius 2 is 0.833 bits per heavy atom. The number of allylic oxidation sites excluding steroid dienone is 4. The lowest BCUT2D eigenvalue weighted by atomic mass is 9.86. The van der Waals surface area contributed by atoms with Crippen molar-refractivity contribution in [3.8, 4) is 0 Å². The van der Waals surface area contributed by atoms with E-state index in [1.807, 2.05) is 64.1 Å². The second kappa shape index (κ2) is 15.6. The number of aromatic amines is 2. The summed E-state index contributed by atoms with van der Waals surface area (Å²) in [6, 6.07) is 3.72. The van der Waals surface area contributed by atoms with Crippen molar-refractivity contribution in [2.75, 3.05) is 24.6 Å². The maximum absolute atomic E-state index is 11.9. The van der Waals surface area contributed by atoms with Crippen LogP contribution in [-0.2, 0) is 18.3 Å². The van der Waals surface area contributed by atoms with E-state index in [0.717, 1.165) is 22.8 Å². The van der Waals surface area contributed by atoms with Gasteiger partial charge in [-0.15, -0.1) is 0 Å². The molecule has 2 fully saturated rings. The Labute approximate surface area is 314 Å². The van der Waals surface area contributed by atoms with E-state index in [2.05, 4.69) is 20.6 Å². The molecule has 0 atom stereocenters. The normalized spacial score (nSPS) is 18.6. The van der Waals surface area contributed by atoms with Crippen LogP contribution in [-0.4, -0.2) is 73.8 Å². The van der Waals surface area contributed by atoms with Gasteiger partial charge in [0.2, 0.25) is 0 Å². The first-order valence-electron chi connectivity index (χ1n) is 17.7. The van der Waals surface area contributed by atoms with E-state index in [-0.39, 0.29) is 25.7 Å². The van der Waals surface area contributed by atoms with E-state index >= 15 is 0 Å². The number of H-pyrrole nitrogens is 2. The predicted molar refractivity (Wildman–Crippen MR) is 208 cm³/mol. The van der Waals surface area contributed by atoms with E-state index in [0.29, 0.717) is 46.7 Å². The molecule has 0 aliphatic carbocycles. The van der Waals surface area contributed by atoms with Crippen molar-refractivity contribution >= 4 is 54.7 Å². The maximum Gasteiger partial charge on any atom is 0.325 e. The van der Waals surface area contributed by atoms with Crippen LogP contribution in [0.3, 0.4) is 0 Å². The largest absolute Gasteiger partial charge is 0.362 e. The molecule has 0 aromatic carbocycles. The van der Waals surface area contributed by atoms with Crippen LogP contribution < -0.4 is 10.6 Å². The Balaban J connectivity index is 1.66. The summed E-state index contributed by atoms with van der Waals surface area (Å²) in [5.41, 5.74) is 6.45.